The quantitative estimate of drug-likeness (QED) is 0.430. The minimum atomic E-state index is -0.225. The number of benzene rings is 2. The molecule has 0 spiro atoms. The molecule has 0 saturated carbocycles. The van der Waals surface area contributed by atoms with Crippen molar-refractivity contribution in [1.29, 1.82) is 0 Å². The molecule has 0 atom stereocenters. The average Bonchev–Trinajstić information content (AvgIpc) is 2.95. The number of thioether (sulfide) groups is 1. The van der Waals surface area contributed by atoms with Crippen molar-refractivity contribution in [3.63, 3.8) is 0 Å². The Bertz CT molecular complexity index is 814. The van der Waals surface area contributed by atoms with Gasteiger partial charge in [-0.3, -0.25) is 4.79 Å². The SMILES string of the molecule is Cc1cc(Br)ccc1SCC(=O)OCc1nc2ccccc2s1. The first-order valence-electron chi connectivity index (χ1n) is 7.01. The molecule has 0 amide bonds. The Kier molecular flexibility index (Phi) is 5.35. The number of aryl methyl sites for hydroxylation is 1. The van der Waals surface area contributed by atoms with Crippen molar-refractivity contribution >= 4 is 55.2 Å². The molecule has 6 heteroatoms. The summed E-state index contributed by atoms with van der Waals surface area (Å²) in [7, 11) is 0. The lowest BCUT2D eigenvalue weighted by molar-refractivity contribution is -0.141. The van der Waals surface area contributed by atoms with E-state index in [2.05, 4.69) is 20.9 Å². The van der Waals surface area contributed by atoms with E-state index in [4.69, 9.17) is 4.74 Å². The fourth-order valence-electron chi connectivity index (χ4n) is 2.08. The number of para-hydroxylation sites is 1. The van der Waals surface area contributed by atoms with Crippen molar-refractivity contribution in [2.75, 3.05) is 5.75 Å². The Morgan fingerprint density at radius 1 is 1.30 bits per heavy atom. The van der Waals surface area contributed by atoms with Crippen molar-refractivity contribution in [2.45, 2.75) is 18.4 Å². The summed E-state index contributed by atoms with van der Waals surface area (Å²) in [5, 5.41) is 0.823. The van der Waals surface area contributed by atoms with E-state index in [1.807, 2.05) is 49.4 Å². The summed E-state index contributed by atoms with van der Waals surface area (Å²) in [5.74, 6) is 0.0736. The number of ether oxygens (including phenoxy) is 1. The van der Waals surface area contributed by atoms with Crippen LogP contribution in [0.4, 0.5) is 0 Å². The Labute approximate surface area is 151 Å². The van der Waals surface area contributed by atoms with Gasteiger partial charge in [-0.25, -0.2) is 4.98 Å². The summed E-state index contributed by atoms with van der Waals surface area (Å²) in [6.45, 7) is 2.26. The second-order valence-corrected chi connectivity index (χ2v) is 7.98. The van der Waals surface area contributed by atoms with Crippen LogP contribution in [-0.2, 0) is 16.1 Å². The van der Waals surface area contributed by atoms with Gasteiger partial charge in [0.1, 0.15) is 11.6 Å². The zero-order valence-electron chi connectivity index (χ0n) is 12.4. The van der Waals surface area contributed by atoms with Crippen LogP contribution in [0.15, 0.2) is 51.8 Å². The lowest BCUT2D eigenvalue weighted by Crippen LogP contribution is -2.07. The number of halogens is 1. The maximum atomic E-state index is 11.9. The summed E-state index contributed by atoms with van der Waals surface area (Å²) >= 11 is 6.48. The first kappa shape index (κ1) is 16.5. The zero-order valence-corrected chi connectivity index (χ0v) is 15.6. The first-order chi connectivity index (χ1) is 11.1. The predicted octanol–water partition coefficient (Wildman–Crippen LogP) is 5.20. The molecule has 2 aromatic carbocycles. The second-order valence-electron chi connectivity index (χ2n) is 4.93. The molecule has 23 heavy (non-hydrogen) atoms. The fourth-order valence-corrected chi connectivity index (χ4v) is 4.24. The van der Waals surface area contributed by atoms with Crippen LogP contribution in [0.5, 0.6) is 0 Å². The van der Waals surface area contributed by atoms with Gasteiger partial charge in [0.15, 0.2) is 0 Å². The molecule has 0 aliphatic rings. The molecule has 3 aromatic rings. The normalized spacial score (nSPS) is 10.9. The molecule has 118 valence electrons. The highest BCUT2D eigenvalue weighted by atomic mass is 79.9. The van der Waals surface area contributed by atoms with Crippen LogP contribution in [0.2, 0.25) is 0 Å². The number of nitrogens with zero attached hydrogens (tertiary/aromatic N) is 1. The van der Waals surface area contributed by atoms with Crippen molar-refractivity contribution in [3.05, 3.63) is 57.5 Å². The van der Waals surface area contributed by atoms with Gasteiger partial charge >= 0.3 is 5.97 Å². The molecule has 0 N–H and O–H groups in total. The first-order valence-corrected chi connectivity index (χ1v) is 9.60. The molecule has 0 bridgehead atoms. The number of fused-ring (bicyclic) bond motifs is 1. The van der Waals surface area contributed by atoms with E-state index >= 15 is 0 Å². The smallest absolute Gasteiger partial charge is 0.316 e. The number of hydrogen-bond acceptors (Lipinski definition) is 5. The van der Waals surface area contributed by atoms with Crippen LogP contribution < -0.4 is 0 Å². The topological polar surface area (TPSA) is 39.2 Å². The summed E-state index contributed by atoms with van der Waals surface area (Å²) in [4.78, 5) is 17.5. The Morgan fingerprint density at radius 3 is 2.91 bits per heavy atom. The number of rotatable bonds is 5. The maximum absolute atomic E-state index is 11.9. The average molecular weight is 408 g/mol. The molecule has 3 nitrogen and oxygen atoms in total. The van der Waals surface area contributed by atoms with E-state index in [9.17, 15) is 4.79 Å². The summed E-state index contributed by atoms with van der Waals surface area (Å²) < 4.78 is 7.47. The third-order valence-electron chi connectivity index (χ3n) is 3.18. The van der Waals surface area contributed by atoms with E-state index in [1.165, 1.54) is 11.8 Å². The highest BCUT2D eigenvalue weighted by molar-refractivity contribution is 9.10. The van der Waals surface area contributed by atoms with Gasteiger partial charge in [-0.15, -0.1) is 23.1 Å². The van der Waals surface area contributed by atoms with Gasteiger partial charge in [0.2, 0.25) is 0 Å². The lowest BCUT2D eigenvalue weighted by Gasteiger charge is -2.06. The molecule has 3 rings (SSSR count). The highest BCUT2D eigenvalue weighted by Gasteiger charge is 2.09. The number of esters is 1. The van der Waals surface area contributed by atoms with Gasteiger partial charge in [0.05, 0.1) is 16.0 Å². The fraction of sp³-hybridized carbons (Fsp3) is 0.176. The van der Waals surface area contributed by atoms with Crippen LogP contribution in [0.3, 0.4) is 0 Å². The van der Waals surface area contributed by atoms with E-state index < -0.39 is 0 Å². The maximum Gasteiger partial charge on any atom is 0.316 e. The second kappa shape index (κ2) is 7.47. The predicted molar refractivity (Wildman–Crippen MR) is 99.0 cm³/mol. The number of thiazole rings is 1. The third-order valence-corrected chi connectivity index (χ3v) is 5.83. The Balaban J connectivity index is 1.53. The van der Waals surface area contributed by atoms with Crippen molar-refractivity contribution in [1.82, 2.24) is 4.98 Å². The van der Waals surface area contributed by atoms with Gasteiger partial charge in [0.25, 0.3) is 0 Å². The zero-order chi connectivity index (χ0) is 16.2. The van der Waals surface area contributed by atoms with Gasteiger partial charge in [0, 0.05) is 9.37 Å². The van der Waals surface area contributed by atoms with Crippen LogP contribution in [-0.4, -0.2) is 16.7 Å². The molecular formula is C17H14BrNO2S2. The molecule has 1 heterocycles. The number of carbonyl (C=O) groups excluding carboxylic acids is 1. The van der Waals surface area contributed by atoms with Gasteiger partial charge in [-0.2, -0.15) is 0 Å². The third kappa shape index (κ3) is 4.34. The highest BCUT2D eigenvalue weighted by Crippen LogP contribution is 2.26. The number of carbonyl (C=O) groups is 1. The molecule has 0 fully saturated rings. The van der Waals surface area contributed by atoms with Crippen LogP contribution in [0.25, 0.3) is 10.2 Å². The van der Waals surface area contributed by atoms with Gasteiger partial charge in [-0.05, 0) is 42.8 Å². The number of aromatic nitrogens is 1. The summed E-state index contributed by atoms with van der Waals surface area (Å²) in [6.07, 6.45) is 0. The molecule has 1 aromatic heterocycles. The molecule has 0 aliphatic heterocycles. The monoisotopic (exact) mass is 407 g/mol. The lowest BCUT2D eigenvalue weighted by atomic mass is 10.2. The molecule has 0 saturated heterocycles. The Hall–Kier alpha value is -1.37. The van der Waals surface area contributed by atoms with Crippen molar-refractivity contribution < 1.29 is 9.53 Å². The Morgan fingerprint density at radius 2 is 2.13 bits per heavy atom. The van der Waals surface area contributed by atoms with E-state index in [0.717, 1.165) is 30.2 Å². The van der Waals surface area contributed by atoms with Crippen LogP contribution >= 0.6 is 39.0 Å². The largest absolute Gasteiger partial charge is 0.458 e. The van der Waals surface area contributed by atoms with E-state index in [0.29, 0.717) is 5.75 Å². The van der Waals surface area contributed by atoms with Crippen LogP contribution in [0.1, 0.15) is 10.6 Å². The molecule has 0 aliphatic carbocycles. The summed E-state index contributed by atoms with van der Waals surface area (Å²) in [5.41, 5.74) is 2.09. The minimum absolute atomic E-state index is 0.225. The van der Waals surface area contributed by atoms with E-state index in [-0.39, 0.29) is 12.6 Å². The van der Waals surface area contributed by atoms with Gasteiger partial charge in [-0.1, -0.05) is 28.1 Å². The van der Waals surface area contributed by atoms with Crippen LogP contribution in [0, 0.1) is 6.92 Å². The van der Waals surface area contributed by atoms with Crippen molar-refractivity contribution in [3.8, 4) is 0 Å². The molecular weight excluding hydrogens is 394 g/mol. The minimum Gasteiger partial charge on any atom is -0.458 e. The molecule has 0 radical (unpaired) electrons. The van der Waals surface area contributed by atoms with Gasteiger partial charge < -0.3 is 4.74 Å². The van der Waals surface area contributed by atoms with Crippen molar-refractivity contribution in [2.24, 2.45) is 0 Å². The summed E-state index contributed by atoms with van der Waals surface area (Å²) in [6, 6.07) is 13.9. The number of hydrogen-bond donors (Lipinski definition) is 0. The standard InChI is InChI=1S/C17H14BrNO2S2/c1-11-8-12(18)6-7-14(11)22-10-17(20)21-9-16-19-13-4-2-3-5-15(13)23-16/h2-8H,9-10H2,1H3. The molecule has 0 unspecified atom stereocenters. The van der Waals surface area contributed by atoms with E-state index in [1.54, 1.807) is 11.3 Å².